The summed E-state index contributed by atoms with van der Waals surface area (Å²) in [5, 5.41) is 0. The van der Waals surface area contributed by atoms with Gasteiger partial charge in [-0.2, -0.15) is 0 Å². The molecule has 1 aliphatic rings. The molecule has 2 rings (SSSR count). The fourth-order valence-electron chi connectivity index (χ4n) is 2.40. The van der Waals surface area contributed by atoms with Gasteiger partial charge in [-0.15, -0.1) is 0 Å². The van der Waals surface area contributed by atoms with Crippen molar-refractivity contribution in [2.24, 2.45) is 5.92 Å². The summed E-state index contributed by atoms with van der Waals surface area (Å²) in [6.07, 6.45) is 6.82. The molecule has 0 saturated carbocycles. The van der Waals surface area contributed by atoms with Crippen molar-refractivity contribution in [3.05, 3.63) is 30.1 Å². The van der Waals surface area contributed by atoms with Gasteiger partial charge in [0.05, 0.1) is 0 Å². The lowest BCUT2D eigenvalue weighted by molar-refractivity contribution is -0.114. The number of piperidine rings is 1. The molecular formula is C12H16N2O. The maximum Gasteiger partial charge on any atom is 0.124 e. The summed E-state index contributed by atoms with van der Waals surface area (Å²) in [5.74, 6) is 0.118. The minimum absolute atomic E-state index is 0.118. The molecule has 0 aromatic carbocycles. The minimum atomic E-state index is 0.118. The van der Waals surface area contributed by atoms with Gasteiger partial charge in [0.1, 0.15) is 6.29 Å². The summed E-state index contributed by atoms with van der Waals surface area (Å²) in [5.41, 5.74) is 1.15. The fourth-order valence-corrected chi connectivity index (χ4v) is 2.40. The first-order valence-corrected chi connectivity index (χ1v) is 5.38. The van der Waals surface area contributed by atoms with Gasteiger partial charge in [-0.25, -0.2) is 0 Å². The van der Waals surface area contributed by atoms with Gasteiger partial charge in [0.25, 0.3) is 0 Å². The highest BCUT2D eigenvalue weighted by atomic mass is 16.1. The molecule has 1 aromatic heterocycles. The molecule has 2 atom stereocenters. The highest BCUT2D eigenvalue weighted by Crippen LogP contribution is 2.33. The Labute approximate surface area is 90.1 Å². The topological polar surface area (TPSA) is 33.2 Å². The Morgan fingerprint density at radius 3 is 3.13 bits per heavy atom. The van der Waals surface area contributed by atoms with Gasteiger partial charge in [0.15, 0.2) is 0 Å². The molecule has 0 bridgehead atoms. The highest BCUT2D eigenvalue weighted by Gasteiger charge is 2.30. The van der Waals surface area contributed by atoms with E-state index in [1.165, 1.54) is 0 Å². The molecule has 0 N–H and O–H groups in total. The van der Waals surface area contributed by atoms with Crippen molar-refractivity contribution in [1.29, 1.82) is 0 Å². The Morgan fingerprint density at radius 2 is 2.47 bits per heavy atom. The zero-order chi connectivity index (χ0) is 10.7. The molecule has 0 aliphatic carbocycles. The number of nitrogens with zero attached hydrogens (tertiary/aromatic N) is 2. The van der Waals surface area contributed by atoms with Crippen molar-refractivity contribution in [3.63, 3.8) is 0 Å². The Hall–Kier alpha value is -1.22. The molecule has 3 nitrogen and oxygen atoms in total. The number of aromatic nitrogens is 1. The molecule has 0 radical (unpaired) electrons. The predicted octanol–water partition coefficient (Wildman–Crippen LogP) is 1.66. The maximum absolute atomic E-state index is 11.0. The van der Waals surface area contributed by atoms with Crippen LogP contribution in [0.25, 0.3) is 0 Å². The first-order chi connectivity index (χ1) is 7.33. The SMILES string of the molecule is CN1CCC[C@@H](C=O)[C@H]1c1cccnc1. The monoisotopic (exact) mass is 204 g/mol. The van der Waals surface area contributed by atoms with E-state index in [2.05, 4.69) is 23.0 Å². The second kappa shape index (κ2) is 4.53. The number of rotatable bonds is 2. The van der Waals surface area contributed by atoms with E-state index in [1.807, 2.05) is 12.3 Å². The third kappa shape index (κ3) is 2.07. The van der Waals surface area contributed by atoms with E-state index in [4.69, 9.17) is 0 Å². The molecule has 1 aliphatic heterocycles. The van der Waals surface area contributed by atoms with Crippen LogP contribution in [0, 0.1) is 5.92 Å². The van der Waals surface area contributed by atoms with Crippen LogP contribution in [-0.4, -0.2) is 29.8 Å². The number of pyridine rings is 1. The first kappa shape index (κ1) is 10.3. The molecule has 15 heavy (non-hydrogen) atoms. The number of hydrogen-bond acceptors (Lipinski definition) is 3. The largest absolute Gasteiger partial charge is 0.303 e. The van der Waals surface area contributed by atoms with Crippen molar-refractivity contribution in [2.75, 3.05) is 13.6 Å². The number of carbonyl (C=O) groups is 1. The summed E-state index contributed by atoms with van der Waals surface area (Å²) >= 11 is 0. The lowest BCUT2D eigenvalue weighted by Gasteiger charge is -2.36. The zero-order valence-corrected chi connectivity index (χ0v) is 8.97. The van der Waals surface area contributed by atoms with Crippen LogP contribution in [0.4, 0.5) is 0 Å². The molecule has 0 unspecified atom stereocenters. The number of likely N-dealkylation sites (tertiary alicyclic amines) is 1. The third-order valence-corrected chi connectivity index (χ3v) is 3.13. The van der Waals surface area contributed by atoms with Crippen molar-refractivity contribution in [1.82, 2.24) is 9.88 Å². The average Bonchev–Trinajstić information content (AvgIpc) is 2.29. The van der Waals surface area contributed by atoms with Gasteiger partial charge in [-0.1, -0.05) is 6.07 Å². The highest BCUT2D eigenvalue weighted by molar-refractivity contribution is 5.56. The Morgan fingerprint density at radius 1 is 1.60 bits per heavy atom. The maximum atomic E-state index is 11.0. The molecular weight excluding hydrogens is 188 g/mol. The smallest absolute Gasteiger partial charge is 0.124 e. The molecule has 0 amide bonds. The van der Waals surface area contributed by atoms with Crippen LogP contribution in [0.2, 0.25) is 0 Å². The number of aldehydes is 1. The number of carbonyl (C=O) groups excluding carboxylic acids is 1. The van der Waals surface area contributed by atoms with Gasteiger partial charge in [-0.3, -0.25) is 9.88 Å². The molecule has 1 aromatic rings. The Balaban J connectivity index is 2.27. The second-order valence-electron chi connectivity index (χ2n) is 4.15. The molecule has 0 spiro atoms. The van der Waals surface area contributed by atoms with Crippen molar-refractivity contribution in [3.8, 4) is 0 Å². The first-order valence-electron chi connectivity index (χ1n) is 5.38. The van der Waals surface area contributed by atoms with E-state index >= 15 is 0 Å². The third-order valence-electron chi connectivity index (χ3n) is 3.13. The predicted molar refractivity (Wildman–Crippen MR) is 58.4 cm³/mol. The molecule has 2 heterocycles. The Bertz CT molecular complexity index is 326. The van der Waals surface area contributed by atoms with E-state index in [0.717, 1.165) is 31.2 Å². The zero-order valence-electron chi connectivity index (χ0n) is 8.97. The van der Waals surface area contributed by atoms with Crippen molar-refractivity contribution < 1.29 is 4.79 Å². The summed E-state index contributed by atoms with van der Waals surface area (Å²) in [7, 11) is 2.08. The van der Waals surface area contributed by atoms with Gasteiger partial charge < -0.3 is 4.79 Å². The van der Waals surface area contributed by atoms with Crippen LogP contribution >= 0.6 is 0 Å². The van der Waals surface area contributed by atoms with Crippen LogP contribution in [0.3, 0.4) is 0 Å². The van der Waals surface area contributed by atoms with Crippen molar-refractivity contribution >= 4 is 6.29 Å². The van der Waals surface area contributed by atoms with Gasteiger partial charge >= 0.3 is 0 Å². The minimum Gasteiger partial charge on any atom is -0.303 e. The standard InChI is InChI=1S/C12H16N2O/c1-14-7-3-5-11(9-15)12(14)10-4-2-6-13-8-10/h2,4,6,8-9,11-12H,3,5,7H2,1H3/t11-,12+/m0/s1. The number of hydrogen-bond donors (Lipinski definition) is 0. The van der Waals surface area contributed by atoms with Crippen LogP contribution < -0.4 is 0 Å². The van der Waals surface area contributed by atoms with Gasteiger partial charge in [-0.05, 0) is 38.1 Å². The summed E-state index contributed by atoms with van der Waals surface area (Å²) in [6, 6.07) is 4.19. The lowest BCUT2D eigenvalue weighted by atomic mass is 9.87. The molecule has 80 valence electrons. The molecule has 3 heteroatoms. The normalized spacial score (nSPS) is 27.5. The van der Waals surface area contributed by atoms with Crippen LogP contribution in [0.1, 0.15) is 24.4 Å². The Kier molecular flexibility index (Phi) is 3.11. The second-order valence-corrected chi connectivity index (χ2v) is 4.15. The van der Waals surface area contributed by atoms with Gasteiger partial charge in [0, 0.05) is 24.4 Å². The van der Waals surface area contributed by atoms with Crippen LogP contribution in [-0.2, 0) is 4.79 Å². The lowest BCUT2D eigenvalue weighted by Crippen LogP contribution is -2.36. The van der Waals surface area contributed by atoms with Gasteiger partial charge in [0.2, 0.25) is 0 Å². The van der Waals surface area contributed by atoms with Crippen molar-refractivity contribution in [2.45, 2.75) is 18.9 Å². The fraction of sp³-hybridized carbons (Fsp3) is 0.500. The molecule has 1 fully saturated rings. The van der Waals surface area contributed by atoms with E-state index < -0.39 is 0 Å². The van der Waals surface area contributed by atoms with E-state index in [0.29, 0.717) is 0 Å². The summed E-state index contributed by atoms with van der Waals surface area (Å²) in [6.45, 7) is 1.06. The average molecular weight is 204 g/mol. The quantitative estimate of drug-likeness (QED) is 0.687. The molecule has 1 saturated heterocycles. The van der Waals surface area contributed by atoms with Crippen LogP contribution in [0.15, 0.2) is 24.5 Å². The van der Waals surface area contributed by atoms with E-state index in [-0.39, 0.29) is 12.0 Å². The van der Waals surface area contributed by atoms with E-state index in [1.54, 1.807) is 6.20 Å². The summed E-state index contributed by atoms with van der Waals surface area (Å²) < 4.78 is 0. The van der Waals surface area contributed by atoms with E-state index in [9.17, 15) is 4.79 Å². The summed E-state index contributed by atoms with van der Waals surface area (Å²) in [4.78, 5) is 17.4. The van der Waals surface area contributed by atoms with Crippen LogP contribution in [0.5, 0.6) is 0 Å².